The summed E-state index contributed by atoms with van der Waals surface area (Å²) >= 11 is 0. The van der Waals surface area contributed by atoms with E-state index in [2.05, 4.69) is 11.1 Å². The first-order valence-corrected chi connectivity index (χ1v) is 9.68. The molecule has 1 amide bonds. The summed E-state index contributed by atoms with van der Waals surface area (Å²) in [6, 6.07) is 24.4. The third-order valence-electron chi connectivity index (χ3n) is 5.10. The Morgan fingerprint density at radius 2 is 1.76 bits per heavy atom. The standard InChI is InChI=1S/C24H21N3O2/c25-17-18-11-13-20(14-12-18)29-24(19-7-2-1-3-8-19)23(21-9-4-5-15-26-21)27-16-6-10-22(27)28/h1-5,7-9,11-15,23-24H,6,10,16H2/t23-,24+/m1/s1. The minimum Gasteiger partial charge on any atom is -0.483 e. The quantitative estimate of drug-likeness (QED) is 0.631. The molecule has 1 aromatic heterocycles. The number of likely N-dealkylation sites (tertiary alicyclic amines) is 1. The molecule has 1 saturated heterocycles. The highest BCUT2D eigenvalue weighted by atomic mass is 16.5. The number of nitrogens with zero attached hydrogens (tertiary/aromatic N) is 3. The van der Waals surface area contributed by atoms with Gasteiger partial charge in [-0.15, -0.1) is 0 Å². The molecule has 3 aromatic rings. The molecular formula is C24H21N3O2. The van der Waals surface area contributed by atoms with E-state index >= 15 is 0 Å². The van der Waals surface area contributed by atoms with Gasteiger partial charge in [-0.05, 0) is 48.4 Å². The molecule has 2 heterocycles. The van der Waals surface area contributed by atoms with Crippen molar-refractivity contribution in [2.75, 3.05) is 6.54 Å². The summed E-state index contributed by atoms with van der Waals surface area (Å²) < 4.78 is 6.43. The lowest BCUT2D eigenvalue weighted by Gasteiger charge is -2.34. The van der Waals surface area contributed by atoms with Gasteiger partial charge in [0.1, 0.15) is 17.9 Å². The molecule has 0 radical (unpaired) electrons. The lowest BCUT2D eigenvalue weighted by Crippen LogP contribution is -2.36. The van der Waals surface area contributed by atoms with Crippen LogP contribution in [-0.2, 0) is 4.79 Å². The Balaban J connectivity index is 1.77. The Hall–Kier alpha value is -3.65. The van der Waals surface area contributed by atoms with Crippen molar-refractivity contribution in [2.45, 2.75) is 25.0 Å². The molecule has 5 heteroatoms. The van der Waals surface area contributed by atoms with Crippen molar-refractivity contribution < 1.29 is 9.53 Å². The lowest BCUT2D eigenvalue weighted by atomic mass is 9.97. The topological polar surface area (TPSA) is 66.2 Å². The number of nitriles is 1. The fourth-order valence-corrected chi connectivity index (χ4v) is 3.70. The van der Waals surface area contributed by atoms with Crippen LogP contribution in [0.3, 0.4) is 0 Å². The van der Waals surface area contributed by atoms with Crippen molar-refractivity contribution in [1.82, 2.24) is 9.88 Å². The van der Waals surface area contributed by atoms with Gasteiger partial charge in [0.15, 0.2) is 0 Å². The van der Waals surface area contributed by atoms with E-state index < -0.39 is 6.10 Å². The van der Waals surface area contributed by atoms with Gasteiger partial charge in [-0.25, -0.2) is 0 Å². The van der Waals surface area contributed by atoms with Gasteiger partial charge in [-0.2, -0.15) is 5.26 Å². The van der Waals surface area contributed by atoms with E-state index in [1.165, 1.54) is 0 Å². The van der Waals surface area contributed by atoms with E-state index in [0.29, 0.717) is 24.3 Å². The third kappa shape index (κ3) is 4.12. The minimum atomic E-state index is -0.430. The summed E-state index contributed by atoms with van der Waals surface area (Å²) in [6.07, 6.45) is 2.69. The van der Waals surface area contributed by atoms with E-state index in [1.807, 2.05) is 53.4 Å². The Morgan fingerprint density at radius 3 is 2.38 bits per heavy atom. The molecular weight excluding hydrogens is 362 g/mol. The zero-order chi connectivity index (χ0) is 20.1. The van der Waals surface area contributed by atoms with Crippen LogP contribution < -0.4 is 4.74 Å². The Labute approximate surface area is 170 Å². The fraction of sp³-hybridized carbons (Fsp3) is 0.208. The summed E-state index contributed by atoms with van der Waals surface area (Å²) in [7, 11) is 0. The Kier molecular flexibility index (Phi) is 5.53. The molecule has 29 heavy (non-hydrogen) atoms. The van der Waals surface area contributed by atoms with Gasteiger partial charge in [0.25, 0.3) is 0 Å². The number of carbonyl (C=O) groups is 1. The SMILES string of the molecule is N#Cc1ccc(O[C@@H](c2ccccc2)[C@@H](c2ccccn2)N2CCCC2=O)cc1. The molecule has 1 aliphatic heterocycles. The van der Waals surface area contributed by atoms with Gasteiger partial charge in [-0.1, -0.05) is 36.4 Å². The summed E-state index contributed by atoms with van der Waals surface area (Å²) in [5, 5.41) is 9.05. The Bertz CT molecular complexity index is 998. The number of amides is 1. The van der Waals surface area contributed by atoms with Crippen LogP contribution in [0.4, 0.5) is 0 Å². The van der Waals surface area contributed by atoms with Gasteiger partial charge in [-0.3, -0.25) is 9.78 Å². The summed E-state index contributed by atoms with van der Waals surface area (Å²) in [5.74, 6) is 0.760. The van der Waals surface area contributed by atoms with Crippen LogP contribution in [-0.4, -0.2) is 22.3 Å². The first-order chi connectivity index (χ1) is 14.3. The van der Waals surface area contributed by atoms with Gasteiger partial charge in [0, 0.05) is 19.2 Å². The maximum absolute atomic E-state index is 12.7. The van der Waals surface area contributed by atoms with E-state index in [-0.39, 0.29) is 11.9 Å². The average molecular weight is 383 g/mol. The largest absolute Gasteiger partial charge is 0.483 e. The van der Waals surface area contributed by atoms with Crippen molar-refractivity contribution in [3.05, 3.63) is 95.8 Å². The number of aromatic nitrogens is 1. The second kappa shape index (κ2) is 8.57. The van der Waals surface area contributed by atoms with Crippen LogP contribution in [0.1, 0.15) is 41.8 Å². The molecule has 5 nitrogen and oxygen atoms in total. The molecule has 0 aliphatic carbocycles. The summed E-state index contributed by atoms with van der Waals surface area (Å²) in [5.41, 5.74) is 2.34. The minimum absolute atomic E-state index is 0.116. The van der Waals surface area contributed by atoms with Crippen molar-refractivity contribution in [3.8, 4) is 11.8 Å². The smallest absolute Gasteiger partial charge is 0.223 e. The molecule has 0 N–H and O–H groups in total. The van der Waals surface area contributed by atoms with Crippen LogP contribution in [0.5, 0.6) is 5.75 Å². The second-order valence-electron chi connectivity index (χ2n) is 6.98. The number of rotatable bonds is 6. The van der Waals surface area contributed by atoms with Crippen LogP contribution in [0.15, 0.2) is 79.0 Å². The van der Waals surface area contributed by atoms with Crippen LogP contribution in [0.25, 0.3) is 0 Å². The van der Waals surface area contributed by atoms with Crippen LogP contribution >= 0.6 is 0 Å². The first kappa shape index (κ1) is 18.7. The highest BCUT2D eigenvalue weighted by Gasteiger charge is 2.37. The molecule has 4 rings (SSSR count). The number of pyridine rings is 1. The van der Waals surface area contributed by atoms with Gasteiger partial charge in [0.05, 0.1) is 17.3 Å². The maximum atomic E-state index is 12.7. The van der Waals surface area contributed by atoms with E-state index in [1.54, 1.807) is 30.5 Å². The van der Waals surface area contributed by atoms with Gasteiger partial charge >= 0.3 is 0 Å². The number of hydrogen-bond acceptors (Lipinski definition) is 4. The fourth-order valence-electron chi connectivity index (χ4n) is 3.70. The molecule has 2 atom stereocenters. The zero-order valence-corrected chi connectivity index (χ0v) is 15.9. The molecule has 0 bridgehead atoms. The van der Waals surface area contributed by atoms with E-state index in [4.69, 9.17) is 10.00 Å². The van der Waals surface area contributed by atoms with Crippen molar-refractivity contribution in [2.24, 2.45) is 0 Å². The average Bonchev–Trinajstić information content (AvgIpc) is 3.20. The normalized spacial score (nSPS) is 15.6. The Morgan fingerprint density at radius 1 is 1.00 bits per heavy atom. The molecule has 0 saturated carbocycles. The zero-order valence-electron chi connectivity index (χ0n) is 15.9. The molecule has 1 aliphatic rings. The van der Waals surface area contributed by atoms with Gasteiger partial charge in [0.2, 0.25) is 5.91 Å². The van der Waals surface area contributed by atoms with Crippen LogP contribution in [0.2, 0.25) is 0 Å². The maximum Gasteiger partial charge on any atom is 0.223 e. The predicted molar refractivity (Wildman–Crippen MR) is 109 cm³/mol. The van der Waals surface area contributed by atoms with E-state index in [0.717, 1.165) is 17.7 Å². The highest BCUT2D eigenvalue weighted by molar-refractivity contribution is 5.78. The van der Waals surface area contributed by atoms with Crippen molar-refractivity contribution in [1.29, 1.82) is 5.26 Å². The monoisotopic (exact) mass is 383 g/mol. The molecule has 144 valence electrons. The number of ether oxygens (including phenoxy) is 1. The molecule has 0 unspecified atom stereocenters. The van der Waals surface area contributed by atoms with Gasteiger partial charge < -0.3 is 9.64 Å². The van der Waals surface area contributed by atoms with E-state index in [9.17, 15) is 4.79 Å². The van der Waals surface area contributed by atoms with Crippen LogP contribution in [0, 0.1) is 11.3 Å². The number of benzene rings is 2. The molecule has 2 aromatic carbocycles. The lowest BCUT2D eigenvalue weighted by molar-refractivity contribution is -0.132. The number of carbonyl (C=O) groups excluding carboxylic acids is 1. The first-order valence-electron chi connectivity index (χ1n) is 9.68. The summed E-state index contributed by atoms with van der Waals surface area (Å²) in [6.45, 7) is 0.681. The molecule has 0 spiro atoms. The van der Waals surface area contributed by atoms with Crippen molar-refractivity contribution in [3.63, 3.8) is 0 Å². The molecule has 1 fully saturated rings. The van der Waals surface area contributed by atoms with Crippen molar-refractivity contribution >= 4 is 5.91 Å². The second-order valence-corrected chi connectivity index (χ2v) is 6.98. The predicted octanol–water partition coefficient (Wildman–Crippen LogP) is 4.44. The highest BCUT2D eigenvalue weighted by Crippen LogP contribution is 2.39. The third-order valence-corrected chi connectivity index (χ3v) is 5.10. The summed E-state index contributed by atoms with van der Waals surface area (Å²) in [4.78, 5) is 19.1. The number of hydrogen-bond donors (Lipinski definition) is 0.